The Hall–Kier alpha value is 0.700. The number of unbranched alkanes of at least 4 members (excludes halogenated alkanes) is 1. The van der Waals surface area contributed by atoms with E-state index in [1.165, 1.54) is 19.3 Å². The Morgan fingerprint density at radius 2 is 2.14 bits per heavy atom. The first-order chi connectivity index (χ1) is 3.43. The number of hydrogen-bond acceptors (Lipinski definition) is 2. The topological polar surface area (TPSA) is 0 Å². The van der Waals surface area contributed by atoms with E-state index in [0.29, 0.717) is 0 Å². The molecule has 0 atom stereocenters. The van der Waals surface area contributed by atoms with Crippen LogP contribution in [0.25, 0.3) is 0 Å². The Labute approximate surface area is 52.8 Å². The minimum atomic E-state index is 0.986. The molecule has 0 amide bonds. The van der Waals surface area contributed by atoms with Crippen molar-refractivity contribution in [3.63, 3.8) is 0 Å². The summed E-state index contributed by atoms with van der Waals surface area (Å²) in [6.07, 6.45) is 4.22. The van der Waals surface area contributed by atoms with E-state index in [9.17, 15) is 0 Å². The Bertz CT molecular complexity index is 50.0. The lowest BCUT2D eigenvalue weighted by Gasteiger charge is -1.86. The average Bonchev–Trinajstić information content (AvgIpc) is 2.42. The van der Waals surface area contributed by atoms with Gasteiger partial charge in [0.2, 0.25) is 0 Å². The van der Waals surface area contributed by atoms with Crippen molar-refractivity contribution < 1.29 is 0 Å². The predicted octanol–water partition coefficient (Wildman–Crippen LogP) is 2.90. The van der Waals surface area contributed by atoms with Gasteiger partial charge in [-0.2, -0.15) is 0 Å². The molecule has 0 radical (unpaired) electrons. The van der Waals surface area contributed by atoms with Gasteiger partial charge < -0.3 is 0 Å². The highest BCUT2D eigenvalue weighted by Crippen LogP contribution is 2.55. The van der Waals surface area contributed by atoms with E-state index in [-0.39, 0.29) is 0 Å². The molecular weight excluding hydrogens is 124 g/mol. The molecule has 1 fully saturated rings. The predicted molar refractivity (Wildman–Crippen MR) is 38.5 cm³/mol. The molecule has 1 aliphatic heterocycles. The van der Waals surface area contributed by atoms with Crippen LogP contribution in [0, 0.1) is 0 Å². The average molecular weight is 134 g/mol. The van der Waals surface area contributed by atoms with Crippen LogP contribution in [0.15, 0.2) is 0 Å². The van der Waals surface area contributed by atoms with E-state index >= 15 is 0 Å². The van der Waals surface area contributed by atoms with Crippen LogP contribution in [0.1, 0.15) is 26.2 Å². The van der Waals surface area contributed by atoms with Crippen molar-refractivity contribution in [3.8, 4) is 0 Å². The van der Waals surface area contributed by atoms with E-state index in [0.717, 1.165) is 4.58 Å². The molecule has 2 heteroatoms. The zero-order valence-corrected chi connectivity index (χ0v) is 6.15. The van der Waals surface area contributed by atoms with E-state index in [1.807, 2.05) is 21.6 Å². The van der Waals surface area contributed by atoms with Gasteiger partial charge >= 0.3 is 0 Å². The summed E-state index contributed by atoms with van der Waals surface area (Å²) in [4.78, 5) is 0. The van der Waals surface area contributed by atoms with E-state index < -0.39 is 0 Å². The molecule has 0 saturated carbocycles. The molecule has 0 aromatic heterocycles. The zero-order valence-electron chi connectivity index (χ0n) is 4.52. The molecule has 7 heavy (non-hydrogen) atoms. The molecule has 0 aromatic rings. The van der Waals surface area contributed by atoms with Crippen molar-refractivity contribution in [2.75, 3.05) is 0 Å². The fourth-order valence-electron chi connectivity index (χ4n) is 0.506. The highest BCUT2D eigenvalue weighted by Gasteiger charge is 2.22. The van der Waals surface area contributed by atoms with Gasteiger partial charge in [-0.05, 0) is 6.42 Å². The summed E-state index contributed by atoms with van der Waals surface area (Å²) >= 11 is 0. The molecule has 0 aromatic carbocycles. The van der Waals surface area contributed by atoms with Crippen LogP contribution in [0.3, 0.4) is 0 Å². The van der Waals surface area contributed by atoms with Gasteiger partial charge in [0.1, 0.15) is 0 Å². The first kappa shape index (κ1) is 5.83. The van der Waals surface area contributed by atoms with Crippen LogP contribution >= 0.6 is 21.6 Å². The SMILES string of the molecule is CCCCC1SS1. The second-order valence-electron chi connectivity index (χ2n) is 1.76. The molecule has 0 aliphatic carbocycles. The molecular formula is C5H10S2. The van der Waals surface area contributed by atoms with Gasteiger partial charge in [0.05, 0.1) is 4.58 Å². The monoisotopic (exact) mass is 134 g/mol. The highest BCUT2D eigenvalue weighted by atomic mass is 33.2. The fraction of sp³-hybridized carbons (Fsp3) is 1.00. The normalized spacial score (nSPS) is 20.1. The van der Waals surface area contributed by atoms with Gasteiger partial charge in [-0.1, -0.05) is 41.4 Å². The number of hydrogen-bond donors (Lipinski definition) is 0. The lowest BCUT2D eigenvalue weighted by atomic mass is 10.3. The van der Waals surface area contributed by atoms with Crippen LogP contribution in [-0.4, -0.2) is 4.58 Å². The summed E-state index contributed by atoms with van der Waals surface area (Å²) in [5.41, 5.74) is 0. The van der Waals surface area contributed by atoms with Crippen molar-refractivity contribution in [2.45, 2.75) is 30.8 Å². The van der Waals surface area contributed by atoms with Crippen LogP contribution in [0.5, 0.6) is 0 Å². The molecule has 0 spiro atoms. The van der Waals surface area contributed by atoms with Crippen molar-refractivity contribution in [2.24, 2.45) is 0 Å². The Kier molecular flexibility index (Phi) is 2.40. The van der Waals surface area contributed by atoms with E-state index in [2.05, 4.69) is 6.92 Å². The summed E-state index contributed by atoms with van der Waals surface area (Å²) in [6, 6.07) is 0. The molecule has 0 nitrogen and oxygen atoms in total. The highest BCUT2D eigenvalue weighted by molar-refractivity contribution is 8.92. The number of rotatable bonds is 3. The Morgan fingerprint density at radius 1 is 1.43 bits per heavy atom. The minimum Gasteiger partial charge on any atom is -0.0777 e. The van der Waals surface area contributed by atoms with Crippen LogP contribution in [-0.2, 0) is 0 Å². The third kappa shape index (κ3) is 2.50. The standard InChI is InChI=1S/C5H10S2/c1-2-3-4-5-6-7-5/h5H,2-4H2,1H3. The summed E-state index contributed by atoms with van der Waals surface area (Å²) < 4.78 is 0.986. The van der Waals surface area contributed by atoms with Gasteiger partial charge in [0, 0.05) is 0 Å². The summed E-state index contributed by atoms with van der Waals surface area (Å²) in [6.45, 7) is 2.25. The van der Waals surface area contributed by atoms with Gasteiger partial charge in [-0.15, -0.1) is 0 Å². The van der Waals surface area contributed by atoms with Crippen molar-refractivity contribution in [3.05, 3.63) is 0 Å². The van der Waals surface area contributed by atoms with Crippen molar-refractivity contribution >= 4 is 21.6 Å². The first-order valence-electron chi connectivity index (χ1n) is 2.75. The molecule has 1 rings (SSSR count). The maximum atomic E-state index is 2.25. The summed E-state index contributed by atoms with van der Waals surface area (Å²) in [7, 11) is 4.05. The maximum absolute atomic E-state index is 2.25. The molecule has 1 aliphatic rings. The second-order valence-corrected chi connectivity index (χ2v) is 4.74. The van der Waals surface area contributed by atoms with Gasteiger partial charge in [-0.25, -0.2) is 0 Å². The molecule has 42 valence electrons. The van der Waals surface area contributed by atoms with Gasteiger partial charge in [-0.3, -0.25) is 0 Å². The Balaban J connectivity index is 1.80. The molecule has 0 bridgehead atoms. The maximum Gasteiger partial charge on any atom is 0.0710 e. The van der Waals surface area contributed by atoms with Crippen LogP contribution in [0.2, 0.25) is 0 Å². The first-order valence-corrected chi connectivity index (χ1v) is 5.03. The Morgan fingerprint density at radius 3 is 2.57 bits per heavy atom. The minimum absolute atomic E-state index is 0.986. The van der Waals surface area contributed by atoms with Crippen LogP contribution < -0.4 is 0 Å². The quantitative estimate of drug-likeness (QED) is 0.430. The third-order valence-corrected chi connectivity index (χ3v) is 3.36. The van der Waals surface area contributed by atoms with E-state index in [1.54, 1.807) is 0 Å². The summed E-state index contributed by atoms with van der Waals surface area (Å²) in [5, 5.41) is 0. The molecule has 0 N–H and O–H groups in total. The lowest BCUT2D eigenvalue weighted by Crippen LogP contribution is -1.75. The fourth-order valence-corrected chi connectivity index (χ4v) is 1.92. The largest absolute Gasteiger partial charge is 0.0777 e. The molecule has 0 unspecified atom stereocenters. The van der Waals surface area contributed by atoms with Gasteiger partial charge in [0.15, 0.2) is 0 Å². The lowest BCUT2D eigenvalue weighted by molar-refractivity contribution is 0.769. The van der Waals surface area contributed by atoms with Crippen molar-refractivity contribution in [1.82, 2.24) is 0 Å². The zero-order chi connectivity index (χ0) is 5.11. The van der Waals surface area contributed by atoms with E-state index in [4.69, 9.17) is 0 Å². The van der Waals surface area contributed by atoms with Gasteiger partial charge in [0.25, 0.3) is 0 Å². The smallest absolute Gasteiger partial charge is 0.0710 e. The molecule has 1 saturated heterocycles. The van der Waals surface area contributed by atoms with Crippen molar-refractivity contribution in [1.29, 1.82) is 0 Å². The third-order valence-electron chi connectivity index (χ3n) is 1.03. The second kappa shape index (κ2) is 2.88. The molecule has 1 heterocycles. The van der Waals surface area contributed by atoms with Crippen LogP contribution in [0.4, 0.5) is 0 Å². The summed E-state index contributed by atoms with van der Waals surface area (Å²) in [5.74, 6) is 0.